The van der Waals surface area contributed by atoms with E-state index in [0.29, 0.717) is 50.0 Å². The third-order valence-electron chi connectivity index (χ3n) is 6.20. The number of rotatable bonds is 7. The van der Waals surface area contributed by atoms with Gasteiger partial charge in [0, 0.05) is 44.3 Å². The van der Waals surface area contributed by atoms with E-state index in [0.717, 1.165) is 19.4 Å². The summed E-state index contributed by atoms with van der Waals surface area (Å²) in [7, 11) is 0. The van der Waals surface area contributed by atoms with Crippen LogP contribution in [0.1, 0.15) is 41.3 Å². The second-order valence-electron chi connectivity index (χ2n) is 8.72. The van der Waals surface area contributed by atoms with Crippen LogP contribution in [0.25, 0.3) is 0 Å². The summed E-state index contributed by atoms with van der Waals surface area (Å²) in [6.07, 6.45) is 2.31. The molecule has 2 aromatic carbocycles. The third kappa shape index (κ3) is 5.31. The van der Waals surface area contributed by atoms with Crippen LogP contribution in [0.5, 0.6) is 0 Å². The van der Waals surface area contributed by atoms with Gasteiger partial charge in [0.1, 0.15) is 5.82 Å². The molecule has 0 N–H and O–H groups in total. The van der Waals surface area contributed by atoms with Gasteiger partial charge < -0.3 is 9.80 Å². The Bertz CT molecular complexity index is 965. The summed E-state index contributed by atoms with van der Waals surface area (Å²) < 4.78 is 14.5. The summed E-state index contributed by atoms with van der Waals surface area (Å²) in [5.74, 6) is -0.385. The zero-order chi connectivity index (χ0) is 22.0. The zero-order valence-corrected chi connectivity index (χ0v) is 18.3. The molecule has 164 valence electrons. The number of benzene rings is 2. The van der Waals surface area contributed by atoms with Gasteiger partial charge in [-0.3, -0.25) is 14.5 Å². The predicted molar refractivity (Wildman–Crippen MR) is 120 cm³/mol. The number of nitrogens with zero attached hydrogens (tertiary/aromatic N) is 3. The van der Waals surface area contributed by atoms with Crippen LogP contribution in [-0.2, 0) is 11.3 Å². The highest BCUT2D eigenvalue weighted by Crippen LogP contribution is 2.29. The van der Waals surface area contributed by atoms with Crippen molar-refractivity contribution in [1.29, 1.82) is 0 Å². The van der Waals surface area contributed by atoms with Crippen molar-refractivity contribution in [2.24, 2.45) is 0 Å². The minimum absolute atomic E-state index is 0.145. The molecule has 0 bridgehead atoms. The van der Waals surface area contributed by atoms with Gasteiger partial charge in [0.2, 0.25) is 5.91 Å². The molecule has 2 aliphatic rings. The highest BCUT2D eigenvalue weighted by molar-refractivity contribution is 5.94. The normalized spacial score (nSPS) is 16.6. The van der Waals surface area contributed by atoms with E-state index in [-0.39, 0.29) is 17.5 Å². The Hall–Kier alpha value is -2.73. The molecule has 6 heteroatoms. The Morgan fingerprint density at radius 1 is 1.06 bits per heavy atom. The number of aryl methyl sites for hydroxylation is 1. The molecule has 0 aromatic heterocycles. The molecule has 5 nitrogen and oxygen atoms in total. The van der Waals surface area contributed by atoms with Crippen LogP contribution in [0.3, 0.4) is 0 Å². The molecular weight excluding hydrogens is 393 g/mol. The second kappa shape index (κ2) is 9.18. The van der Waals surface area contributed by atoms with Crippen molar-refractivity contribution >= 4 is 17.4 Å². The van der Waals surface area contributed by atoms with Crippen LogP contribution in [0.2, 0.25) is 0 Å². The molecule has 2 aromatic rings. The lowest BCUT2D eigenvalue weighted by molar-refractivity contribution is -0.133. The van der Waals surface area contributed by atoms with Crippen LogP contribution in [0, 0.1) is 12.7 Å². The molecule has 1 amide bonds. The van der Waals surface area contributed by atoms with Gasteiger partial charge in [-0.05, 0) is 50.5 Å². The molecule has 1 saturated carbocycles. The molecule has 0 radical (unpaired) electrons. The van der Waals surface area contributed by atoms with Gasteiger partial charge in [-0.1, -0.05) is 29.8 Å². The van der Waals surface area contributed by atoms with Gasteiger partial charge in [-0.2, -0.15) is 0 Å². The highest BCUT2D eigenvalue weighted by Gasteiger charge is 2.32. The van der Waals surface area contributed by atoms with Crippen molar-refractivity contribution in [2.45, 2.75) is 39.3 Å². The Morgan fingerprint density at radius 3 is 2.42 bits per heavy atom. The highest BCUT2D eigenvalue weighted by atomic mass is 19.1. The largest absolute Gasteiger partial charge is 0.366 e. The van der Waals surface area contributed by atoms with E-state index in [9.17, 15) is 14.0 Å². The van der Waals surface area contributed by atoms with Crippen LogP contribution < -0.4 is 4.90 Å². The average Bonchev–Trinajstić information content (AvgIpc) is 3.59. The van der Waals surface area contributed by atoms with Gasteiger partial charge in [-0.25, -0.2) is 4.39 Å². The molecule has 1 saturated heterocycles. The number of Topliss-reactive ketones (excluding diaryl/α,β-unsaturated/α-hetero) is 1. The molecule has 2 fully saturated rings. The van der Waals surface area contributed by atoms with Gasteiger partial charge in [0.25, 0.3) is 0 Å². The van der Waals surface area contributed by atoms with Gasteiger partial charge in [-0.15, -0.1) is 0 Å². The molecule has 4 rings (SSSR count). The van der Waals surface area contributed by atoms with Crippen molar-refractivity contribution < 1.29 is 14.0 Å². The standard InChI is InChI=1S/C25H30FN3O2/c1-18-4-3-5-20(14-18)16-29(22-7-8-22)17-25(31)28-12-10-27(11-13-28)24-9-6-21(19(2)30)15-23(24)26/h3-6,9,14-15,22H,7-8,10-13,16-17H2,1-2H3. The number of hydrogen-bond acceptors (Lipinski definition) is 4. The van der Waals surface area contributed by atoms with Gasteiger partial charge >= 0.3 is 0 Å². The molecule has 31 heavy (non-hydrogen) atoms. The summed E-state index contributed by atoms with van der Waals surface area (Å²) in [6, 6.07) is 13.6. The lowest BCUT2D eigenvalue weighted by Gasteiger charge is -2.37. The maximum Gasteiger partial charge on any atom is 0.236 e. The van der Waals surface area contributed by atoms with E-state index < -0.39 is 0 Å². The van der Waals surface area contributed by atoms with E-state index >= 15 is 0 Å². The topological polar surface area (TPSA) is 43.9 Å². The number of piperazine rings is 1. The minimum atomic E-state index is -0.384. The number of carbonyl (C=O) groups is 2. The molecular formula is C25H30FN3O2. The third-order valence-corrected chi connectivity index (χ3v) is 6.20. The average molecular weight is 424 g/mol. The fraction of sp³-hybridized carbons (Fsp3) is 0.440. The molecule has 1 heterocycles. The van der Waals surface area contributed by atoms with Crippen molar-refractivity contribution in [3.8, 4) is 0 Å². The fourth-order valence-electron chi connectivity index (χ4n) is 4.25. The number of amides is 1. The molecule has 1 aliphatic carbocycles. The molecule has 0 spiro atoms. The first-order chi connectivity index (χ1) is 14.9. The van der Waals surface area contributed by atoms with E-state index in [1.807, 2.05) is 9.80 Å². The zero-order valence-electron chi connectivity index (χ0n) is 18.3. The van der Waals surface area contributed by atoms with Gasteiger partial charge in [0.15, 0.2) is 5.78 Å². The molecule has 0 unspecified atom stereocenters. The molecule has 1 aliphatic heterocycles. The van der Waals surface area contributed by atoms with Crippen LogP contribution in [0.15, 0.2) is 42.5 Å². The number of hydrogen-bond donors (Lipinski definition) is 0. The first-order valence-corrected chi connectivity index (χ1v) is 11.0. The monoisotopic (exact) mass is 423 g/mol. The maximum absolute atomic E-state index is 14.5. The van der Waals surface area contributed by atoms with E-state index in [2.05, 4.69) is 36.1 Å². The first kappa shape index (κ1) is 21.5. The Balaban J connectivity index is 1.34. The van der Waals surface area contributed by atoms with Crippen molar-refractivity contribution in [1.82, 2.24) is 9.80 Å². The van der Waals surface area contributed by atoms with Crippen molar-refractivity contribution in [3.63, 3.8) is 0 Å². The van der Waals surface area contributed by atoms with Crippen LogP contribution in [0.4, 0.5) is 10.1 Å². The summed E-state index contributed by atoms with van der Waals surface area (Å²) in [4.78, 5) is 30.6. The Morgan fingerprint density at radius 2 is 1.81 bits per heavy atom. The Labute approximate surface area is 183 Å². The van der Waals surface area contributed by atoms with Crippen LogP contribution in [-0.4, -0.2) is 60.3 Å². The van der Waals surface area contributed by atoms with Crippen LogP contribution >= 0.6 is 0 Å². The summed E-state index contributed by atoms with van der Waals surface area (Å²) in [5.41, 5.74) is 3.35. The van der Waals surface area contributed by atoms with E-state index in [4.69, 9.17) is 0 Å². The Kier molecular flexibility index (Phi) is 6.37. The lowest BCUT2D eigenvalue weighted by Crippen LogP contribution is -2.51. The fourth-order valence-corrected chi connectivity index (χ4v) is 4.25. The lowest BCUT2D eigenvalue weighted by atomic mass is 10.1. The number of ketones is 1. The van der Waals surface area contributed by atoms with Crippen molar-refractivity contribution in [3.05, 3.63) is 65.0 Å². The second-order valence-corrected chi connectivity index (χ2v) is 8.72. The van der Waals surface area contributed by atoms with Gasteiger partial charge in [0.05, 0.1) is 12.2 Å². The first-order valence-electron chi connectivity index (χ1n) is 11.0. The summed E-state index contributed by atoms with van der Waals surface area (Å²) in [6.45, 7) is 7.08. The summed E-state index contributed by atoms with van der Waals surface area (Å²) in [5, 5.41) is 0. The summed E-state index contributed by atoms with van der Waals surface area (Å²) >= 11 is 0. The SMILES string of the molecule is CC(=O)c1ccc(N2CCN(C(=O)CN(Cc3cccc(C)c3)C3CC3)CC2)c(F)c1. The predicted octanol–water partition coefficient (Wildman–Crippen LogP) is 3.65. The maximum atomic E-state index is 14.5. The quantitative estimate of drug-likeness (QED) is 0.638. The smallest absolute Gasteiger partial charge is 0.236 e. The number of halogens is 1. The van der Waals surface area contributed by atoms with E-state index in [1.54, 1.807) is 12.1 Å². The molecule has 0 atom stereocenters. The minimum Gasteiger partial charge on any atom is -0.366 e. The number of anilines is 1. The van der Waals surface area contributed by atoms with Crippen molar-refractivity contribution in [2.75, 3.05) is 37.6 Å². The van der Waals surface area contributed by atoms with E-state index in [1.165, 1.54) is 24.1 Å². The number of carbonyl (C=O) groups excluding carboxylic acids is 2.